The van der Waals surface area contributed by atoms with Crippen LogP contribution in [0.2, 0.25) is 0 Å². The fraction of sp³-hybridized carbons (Fsp3) is 0.120. The average molecular weight is 430 g/mol. The van der Waals surface area contributed by atoms with Crippen LogP contribution in [0.1, 0.15) is 18.9 Å². The maximum Gasteiger partial charge on any atom is 0.194 e. The Morgan fingerprint density at radius 1 is 0.581 bits per heavy atom. The van der Waals surface area contributed by atoms with E-state index in [4.69, 9.17) is 0 Å². The maximum atomic E-state index is 15.1. The molecular weight excluding hydrogens is 414 g/mol. The molecule has 31 heavy (non-hydrogen) atoms. The first kappa shape index (κ1) is 21.0. The molecule has 4 aromatic rings. The number of benzene rings is 4. The van der Waals surface area contributed by atoms with Gasteiger partial charge in [-0.15, -0.1) is 0 Å². The maximum absolute atomic E-state index is 15.1. The topological polar surface area (TPSA) is 0 Å². The van der Waals surface area contributed by atoms with Crippen molar-refractivity contribution in [3.8, 4) is 22.3 Å². The molecule has 0 atom stereocenters. The van der Waals surface area contributed by atoms with Crippen LogP contribution in [0.3, 0.4) is 0 Å². The molecule has 4 rings (SSSR count). The minimum absolute atomic E-state index is 0.0286. The fourth-order valence-corrected chi connectivity index (χ4v) is 3.66. The number of rotatable bonds is 4. The van der Waals surface area contributed by atoms with Gasteiger partial charge in [0.05, 0.1) is 5.39 Å². The Kier molecular flexibility index (Phi) is 5.48. The van der Waals surface area contributed by atoms with E-state index in [1.807, 2.05) is 19.1 Å². The van der Waals surface area contributed by atoms with Crippen molar-refractivity contribution in [1.29, 1.82) is 0 Å². The lowest BCUT2D eigenvalue weighted by Crippen LogP contribution is -1.98. The van der Waals surface area contributed by atoms with Gasteiger partial charge in [-0.3, -0.25) is 0 Å². The molecule has 0 aliphatic carbocycles. The van der Waals surface area contributed by atoms with Crippen molar-refractivity contribution in [2.45, 2.75) is 19.8 Å². The monoisotopic (exact) mass is 430 g/mol. The summed E-state index contributed by atoms with van der Waals surface area (Å²) in [6.07, 6.45) is 1.80. The highest BCUT2D eigenvalue weighted by molar-refractivity contribution is 5.92. The molecule has 0 N–H and O–H groups in total. The third-order valence-corrected chi connectivity index (χ3v) is 5.22. The standard InChI is InChI=1S/C25H16F6/c1-2-3-13-4-6-14(7-5-13)18-10-15-8-9-17(22(28)21(15)25(31)23(18)29)16-11-19(26)24(30)20(27)12-16/h4-12H,2-3H2,1H3. The van der Waals surface area contributed by atoms with Gasteiger partial charge in [0.15, 0.2) is 29.1 Å². The van der Waals surface area contributed by atoms with Gasteiger partial charge >= 0.3 is 0 Å². The summed E-state index contributed by atoms with van der Waals surface area (Å²) in [5, 5.41) is -0.567. The van der Waals surface area contributed by atoms with E-state index in [9.17, 15) is 22.0 Å². The number of fused-ring (bicyclic) bond motifs is 1. The summed E-state index contributed by atoms with van der Waals surface area (Å²) < 4.78 is 85.2. The van der Waals surface area contributed by atoms with Gasteiger partial charge in [0, 0.05) is 11.1 Å². The molecule has 0 heterocycles. The minimum Gasteiger partial charge on any atom is -0.206 e. The summed E-state index contributed by atoms with van der Waals surface area (Å²) in [4.78, 5) is 0. The van der Waals surface area contributed by atoms with E-state index in [1.54, 1.807) is 12.1 Å². The van der Waals surface area contributed by atoms with Gasteiger partial charge in [0.1, 0.15) is 5.82 Å². The van der Waals surface area contributed by atoms with Crippen LogP contribution in [-0.4, -0.2) is 0 Å². The molecule has 0 spiro atoms. The SMILES string of the molecule is CCCc1ccc(-c2cc3ccc(-c4cc(F)c(F)c(F)c4)c(F)c3c(F)c2F)cc1. The van der Waals surface area contributed by atoms with Crippen molar-refractivity contribution in [3.63, 3.8) is 0 Å². The molecule has 0 nitrogen and oxygen atoms in total. The Morgan fingerprint density at radius 3 is 1.84 bits per heavy atom. The first-order valence-electron chi connectivity index (χ1n) is 9.66. The van der Waals surface area contributed by atoms with E-state index >= 15 is 4.39 Å². The van der Waals surface area contributed by atoms with Gasteiger partial charge in [0.2, 0.25) is 0 Å². The van der Waals surface area contributed by atoms with E-state index in [0.29, 0.717) is 17.7 Å². The smallest absolute Gasteiger partial charge is 0.194 e. The number of hydrogen-bond acceptors (Lipinski definition) is 0. The van der Waals surface area contributed by atoms with Crippen molar-refractivity contribution in [3.05, 3.63) is 95.1 Å². The molecule has 0 saturated carbocycles. The van der Waals surface area contributed by atoms with Gasteiger partial charge in [-0.05, 0) is 46.7 Å². The van der Waals surface area contributed by atoms with Crippen LogP contribution in [-0.2, 0) is 6.42 Å². The zero-order valence-corrected chi connectivity index (χ0v) is 16.4. The zero-order valence-electron chi connectivity index (χ0n) is 16.4. The molecule has 0 bridgehead atoms. The first-order valence-corrected chi connectivity index (χ1v) is 9.66. The Morgan fingerprint density at radius 2 is 1.23 bits per heavy atom. The number of halogens is 6. The highest BCUT2D eigenvalue weighted by Gasteiger charge is 2.21. The number of hydrogen-bond donors (Lipinski definition) is 0. The Bertz CT molecular complexity index is 1270. The summed E-state index contributed by atoms with van der Waals surface area (Å²) in [6.45, 7) is 2.03. The third kappa shape index (κ3) is 3.67. The van der Waals surface area contributed by atoms with Crippen LogP contribution in [0.4, 0.5) is 26.3 Å². The predicted molar refractivity (Wildman–Crippen MR) is 109 cm³/mol. The summed E-state index contributed by atoms with van der Waals surface area (Å²) >= 11 is 0. The Labute approximate surface area is 174 Å². The van der Waals surface area contributed by atoms with Crippen molar-refractivity contribution in [2.24, 2.45) is 0 Å². The van der Waals surface area contributed by atoms with E-state index < -0.39 is 40.3 Å². The van der Waals surface area contributed by atoms with Gasteiger partial charge in [0.25, 0.3) is 0 Å². The zero-order chi connectivity index (χ0) is 22.3. The van der Waals surface area contributed by atoms with Crippen molar-refractivity contribution < 1.29 is 26.3 Å². The largest absolute Gasteiger partial charge is 0.206 e. The first-order chi connectivity index (χ1) is 14.8. The second-order valence-corrected chi connectivity index (χ2v) is 7.28. The molecular formula is C25H16F6. The molecule has 0 aromatic heterocycles. The van der Waals surface area contributed by atoms with Crippen molar-refractivity contribution in [2.75, 3.05) is 0 Å². The molecule has 0 aliphatic rings. The van der Waals surface area contributed by atoms with Gasteiger partial charge in [-0.1, -0.05) is 49.7 Å². The molecule has 0 saturated heterocycles. The van der Waals surface area contributed by atoms with Gasteiger partial charge in [-0.25, -0.2) is 26.3 Å². The Balaban J connectivity index is 1.87. The highest BCUT2D eigenvalue weighted by atomic mass is 19.2. The van der Waals surface area contributed by atoms with Crippen LogP contribution in [0.25, 0.3) is 33.0 Å². The van der Waals surface area contributed by atoms with E-state index in [1.165, 1.54) is 18.2 Å². The van der Waals surface area contributed by atoms with Gasteiger partial charge in [-0.2, -0.15) is 0 Å². The lowest BCUT2D eigenvalue weighted by atomic mass is 9.95. The average Bonchev–Trinajstić information content (AvgIpc) is 2.75. The molecule has 6 heteroatoms. The van der Waals surface area contributed by atoms with Crippen LogP contribution in [0.5, 0.6) is 0 Å². The highest BCUT2D eigenvalue weighted by Crippen LogP contribution is 2.36. The normalized spacial score (nSPS) is 11.3. The lowest BCUT2D eigenvalue weighted by molar-refractivity contribution is 0.447. The second-order valence-electron chi connectivity index (χ2n) is 7.28. The van der Waals surface area contributed by atoms with Crippen molar-refractivity contribution >= 4 is 10.8 Å². The molecule has 0 radical (unpaired) electrons. The van der Waals surface area contributed by atoms with Crippen LogP contribution in [0, 0.1) is 34.9 Å². The Hall–Kier alpha value is -3.28. The summed E-state index contributed by atoms with van der Waals surface area (Å²) in [5.41, 5.74) is 0.762. The van der Waals surface area contributed by atoms with Gasteiger partial charge < -0.3 is 0 Å². The molecule has 0 fully saturated rings. The van der Waals surface area contributed by atoms with Crippen LogP contribution in [0.15, 0.2) is 54.6 Å². The molecule has 4 aromatic carbocycles. The molecule has 158 valence electrons. The second kappa shape index (κ2) is 8.10. The summed E-state index contributed by atoms with van der Waals surface area (Å²) in [6, 6.07) is 12.0. The van der Waals surface area contributed by atoms with Crippen molar-refractivity contribution in [1.82, 2.24) is 0 Å². The molecule has 0 amide bonds. The predicted octanol–water partition coefficient (Wildman–Crippen LogP) is 7.96. The molecule has 0 aliphatic heterocycles. The fourth-order valence-electron chi connectivity index (χ4n) is 3.66. The van der Waals surface area contributed by atoms with E-state index in [-0.39, 0.29) is 22.1 Å². The molecule has 0 unspecified atom stereocenters. The van der Waals surface area contributed by atoms with Crippen LogP contribution < -0.4 is 0 Å². The lowest BCUT2D eigenvalue weighted by Gasteiger charge is -2.12. The van der Waals surface area contributed by atoms with E-state index in [0.717, 1.165) is 18.4 Å². The summed E-state index contributed by atoms with van der Waals surface area (Å²) in [5.74, 6) is -8.55. The third-order valence-electron chi connectivity index (χ3n) is 5.22. The summed E-state index contributed by atoms with van der Waals surface area (Å²) in [7, 11) is 0. The minimum atomic E-state index is -1.70. The van der Waals surface area contributed by atoms with Crippen LogP contribution >= 0.6 is 0 Å². The number of aryl methyl sites for hydroxylation is 1. The quantitative estimate of drug-likeness (QED) is 0.228. The van der Waals surface area contributed by atoms with E-state index in [2.05, 4.69) is 0 Å².